The van der Waals surface area contributed by atoms with E-state index in [0.717, 1.165) is 25.4 Å². The fourth-order valence-corrected chi connectivity index (χ4v) is 3.72. The molecule has 2 aromatic rings. The minimum absolute atomic E-state index is 0.124. The van der Waals surface area contributed by atoms with Crippen molar-refractivity contribution in [1.29, 1.82) is 0 Å². The van der Waals surface area contributed by atoms with Gasteiger partial charge in [0.05, 0.1) is 25.3 Å². The summed E-state index contributed by atoms with van der Waals surface area (Å²) >= 11 is 0. The van der Waals surface area contributed by atoms with Crippen LogP contribution in [0.15, 0.2) is 52.1 Å². The van der Waals surface area contributed by atoms with Crippen molar-refractivity contribution in [1.82, 2.24) is 20.9 Å². The third kappa shape index (κ3) is 7.40. The van der Waals surface area contributed by atoms with Crippen molar-refractivity contribution in [3.8, 4) is 0 Å². The lowest BCUT2D eigenvalue weighted by molar-refractivity contribution is -0.120. The summed E-state index contributed by atoms with van der Waals surface area (Å²) in [6, 6.07) is 10.1. The van der Waals surface area contributed by atoms with Crippen molar-refractivity contribution in [3.05, 3.63) is 59.8 Å². The summed E-state index contributed by atoms with van der Waals surface area (Å²) in [6.07, 6.45) is 4.27. The van der Waals surface area contributed by atoms with E-state index in [-0.39, 0.29) is 24.2 Å². The molecule has 168 valence electrons. The molecule has 1 aliphatic rings. The second-order valence-corrected chi connectivity index (χ2v) is 7.58. The largest absolute Gasteiger partial charge is 0.468 e. The van der Waals surface area contributed by atoms with Crippen LogP contribution in [0.4, 0.5) is 4.39 Å². The molecule has 0 saturated carbocycles. The molecule has 1 fully saturated rings. The van der Waals surface area contributed by atoms with E-state index in [1.165, 1.54) is 25.0 Å². The van der Waals surface area contributed by atoms with Crippen LogP contribution in [-0.4, -0.2) is 56.0 Å². The Bertz CT molecular complexity index is 834. The zero-order chi connectivity index (χ0) is 21.9. The van der Waals surface area contributed by atoms with Crippen LogP contribution in [0.5, 0.6) is 0 Å². The number of likely N-dealkylation sites (tertiary alicyclic amines) is 1. The van der Waals surface area contributed by atoms with Crippen molar-refractivity contribution in [2.45, 2.75) is 32.2 Å². The van der Waals surface area contributed by atoms with Gasteiger partial charge in [0.2, 0.25) is 5.91 Å². The van der Waals surface area contributed by atoms with E-state index >= 15 is 0 Å². The van der Waals surface area contributed by atoms with Crippen molar-refractivity contribution in [3.63, 3.8) is 0 Å². The van der Waals surface area contributed by atoms with E-state index in [0.29, 0.717) is 31.2 Å². The van der Waals surface area contributed by atoms with Gasteiger partial charge in [0, 0.05) is 19.6 Å². The summed E-state index contributed by atoms with van der Waals surface area (Å²) in [4.78, 5) is 19.2. The lowest BCUT2D eigenvalue weighted by Gasteiger charge is -2.24. The summed E-state index contributed by atoms with van der Waals surface area (Å²) in [6.45, 7) is 6.46. The minimum atomic E-state index is -0.333. The SMILES string of the molecule is CCNC(=NCC(c1ccco1)N1CCCC1)NCCNC(=O)Cc1cccc(F)c1. The van der Waals surface area contributed by atoms with Crippen LogP contribution in [-0.2, 0) is 11.2 Å². The molecular formula is C23H32FN5O2. The number of hydrogen-bond donors (Lipinski definition) is 3. The fourth-order valence-electron chi connectivity index (χ4n) is 3.72. The number of halogens is 1. The smallest absolute Gasteiger partial charge is 0.224 e. The van der Waals surface area contributed by atoms with Crippen LogP contribution < -0.4 is 16.0 Å². The first-order valence-corrected chi connectivity index (χ1v) is 11.0. The van der Waals surface area contributed by atoms with Gasteiger partial charge in [-0.3, -0.25) is 14.7 Å². The number of nitrogens with one attached hydrogen (secondary N) is 3. The molecule has 8 heteroatoms. The van der Waals surface area contributed by atoms with Crippen LogP contribution in [0.25, 0.3) is 0 Å². The molecule has 0 radical (unpaired) electrons. The first-order chi connectivity index (χ1) is 15.2. The number of carbonyl (C=O) groups excluding carboxylic acids is 1. The monoisotopic (exact) mass is 429 g/mol. The summed E-state index contributed by atoms with van der Waals surface area (Å²) in [5.41, 5.74) is 0.659. The third-order valence-corrected chi connectivity index (χ3v) is 5.21. The van der Waals surface area contributed by atoms with E-state index < -0.39 is 0 Å². The number of aliphatic imine (C=N–C) groups is 1. The topological polar surface area (TPSA) is 81.9 Å². The number of hydrogen-bond acceptors (Lipinski definition) is 4. The van der Waals surface area contributed by atoms with Crippen molar-refractivity contribution in [2.24, 2.45) is 4.99 Å². The normalized spacial score (nSPS) is 15.6. The maximum atomic E-state index is 13.2. The molecule has 7 nitrogen and oxygen atoms in total. The number of carbonyl (C=O) groups is 1. The van der Waals surface area contributed by atoms with Gasteiger partial charge in [0.25, 0.3) is 0 Å². The number of benzene rings is 1. The zero-order valence-corrected chi connectivity index (χ0v) is 18.1. The molecule has 1 saturated heterocycles. The molecule has 0 aliphatic carbocycles. The van der Waals surface area contributed by atoms with Gasteiger partial charge >= 0.3 is 0 Å². The Hall–Kier alpha value is -2.87. The number of guanidine groups is 1. The third-order valence-electron chi connectivity index (χ3n) is 5.21. The average Bonchev–Trinajstić information content (AvgIpc) is 3.46. The van der Waals surface area contributed by atoms with E-state index in [1.54, 1.807) is 18.4 Å². The Morgan fingerprint density at radius 2 is 1.97 bits per heavy atom. The standard InChI is InChI=1S/C23H32FN5O2/c1-2-25-23(27-11-10-26-22(30)16-18-7-5-8-19(24)15-18)28-17-20(21-9-6-14-31-21)29-12-3-4-13-29/h5-9,14-15,20H,2-4,10-13,16-17H2,1H3,(H,26,30)(H2,25,27,28). The van der Waals surface area contributed by atoms with E-state index in [4.69, 9.17) is 9.41 Å². The summed E-state index contributed by atoms with van der Waals surface area (Å²) in [5.74, 6) is 1.17. The molecule has 1 aromatic carbocycles. The molecule has 1 aromatic heterocycles. The van der Waals surface area contributed by atoms with Crippen molar-refractivity contribution >= 4 is 11.9 Å². The van der Waals surface area contributed by atoms with Gasteiger partial charge in [-0.15, -0.1) is 0 Å². The summed E-state index contributed by atoms with van der Waals surface area (Å²) in [7, 11) is 0. The quantitative estimate of drug-likeness (QED) is 0.307. The lowest BCUT2D eigenvalue weighted by atomic mass is 10.1. The Kier molecular flexibility index (Phi) is 8.90. The van der Waals surface area contributed by atoms with Gasteiger partial charge in [-0.2, -0.15) is 0 Å². The molecule has 0 bridgehead atoms. The Balaban J connectivity index is 1.47. The predicted octanol–water partition coefficient (Wildman–Crippen LogP) is 2.47. The molecule has 31 heavy (non-hydrogen) atoms. The van der Waals surface area contributed by atoms with Gasteiger partial charge in [-0.1, -0.05) is 12.1 Å². The first-order valence-electron chi connectivity index (χ1n) is 11.0. The van der Waals surface area contributed by atoms with Crippen LogP contribution in [0.2, 0.25) is 0 Å². The Morgan fingerprint density at radius 1 is 1.16 bits per heavy atom. The zero-order valence-electron chi connectivity index (χ0n) is 18.1. The summed E-state index contributed by atoms with van der Waals surface area (Å²) < 4.78 is 18.9. The number of amides is 1. The highest BCUT2D eigenvalue weighted by Gasteiger charge is 2.25. The molecule has 1 atom stereocenters. The molecule has 1 unspecified atom stereocenters. The Morgan fingerprint density at radius 3 is 2.68 bits per heavy atom. The molecule has 1 amide bonds. The van der Waals surface area contributed by atoms with Gasteiger partial charge in [0.1, 0.15) is 11.6 Å². The van der Waals surface area contributed by atoms with Crippen LogP contribution in [0.3, 0.4) is 0 Å². The van der Waals surface area contributed by atoms with Gasteiger partial charge < -0.3 is 20.4 Å². The fraction of sp³-hybridized carbons (Fsp3) is 0.478. The molecular weight excluding hydrogens is 397 g/mol. The van der Waals surface area contributed by atoms with Crippen molar-refractivity contribution < 1.29 is 13.6 Å². The number of furan rings is 1. The maximum Gasteiger partial charge on any atom is 0.224 e. The molecule has 3 N–H and O–H groups in total. The van der Waals surface area contributed by atoms with Crippen molar-refractivity contribution in [2.75, 3.05) is 39.3 Å². The predicted molar refractivity (Wildman–Crippen MR) is 119 cm³/mol. The van der Waals surface area contributed by atoms with Crippen LogP contribution >= 0.6 is 0 Å². The van der Waals surface area contributed by atoms with E-state index in [2.05, 4.69) is 20.9 Å². The molecule has 1 aliphatic heterocycles. The van der Waals surface area contributed by atoms with E-state index in [9.17, 15) is 9.18 Å². The average molecular weight is 430 g/mol. The number of nitrogens with zero attached hydrogens (tertiary/aromatic N) is 2. The minimum Gasteiger partial charge on any atom is -0.468 e. The van der Waals surface area contributed by atoms with E-state index in [1.807, 2.05) is 19.1 Å². The molecule has 2 heterocycles. The Labute approximate surface area is 183 Å². The number of rotatable bonds is 10. The first kappa shape index (κ1) is 22.8. The maximum absolute atomic E-state index is 13.2. The highest BCUT2D eigenvalue weighted by Crippen LogP contribution is 2.25. The van der Waals surface area contributed by atoms with Gasteiger partial charge in [-0.25, -0.2) is 4.39 Å². The van der Waals surface area contributed by atoms with Gasteiger partial charge in [-0.05, 0) is 62.7 Å². The molecule has 0 spiro atoms. The molecule has 3 rings (SSSR count). The van der Waals surface area contributed by atoms with Gasteiger partial charge in [0.15, 0.2) is 5.96 Å². The van der Waals surface area contributed by atoms with Crippen LogP contribution in [0, 0.1) is 5.82 Å². The lowest BCUT2D eigenvalue weighted by Crippen LogP contribution is -2.42. The second kappa shape index (κ2) is 12.1. The van der Waals surface area contributed by atoms with Crippen LogP contribution in [0.1, 0.15) is 37.1 Å². The highest BCUT2D eigenvalue weighted by atomic mass is 19.1. The highest BCUT2D eigenvalue weighted by molar-refractivity contribution is 5.80. The summed E-state index contributed by atoms with van der Waals surface area (Å²) in [5, 5.41) is 9.35. The second-order valence-electron chi connectivity index (χ2n) is 7.58.